The zero-order valence-electron chi connectivity index (χ0n) is 13.8. The maximum Gasteiger partial charge on any atom is 0.263 e. The number of hydrogen-bond donors (Lipinski definition) is 2. The third kappa shape index (κ3) is 3.12. The van der Waals surface area contributed by atoms with Crippen LogP contribution in [0.2, 0.25) is 0 Å². The molecule has 0 spiro atoms. The molecule has 126 valence electrons. The fourth-order valence-electron chi connectivity index (χ4n) is 2.84. The summed E-state index contributed by atoms with van der Waals surface area (Å²) in [4.78, 5) is 15.9. The summed E-state index contributed by atoms with van der Waals surface area (Å²) in [6, 6.07) is 8.19. The van der Waals surface area contributed by atoms with Crippen LogP contribution in [0.25, 0.3) is 0 Å². The van der Waals surface area contributed by atoms with Gasteiger partial charge in [-0.05, 0) is 48.4 Å². The fraction of sp³-hybridized carbons (Fsp3) is 0.294. The van der Waals surface area contributed by atoms with Crippen LogP contribution in [0, 0.1) is 6.92 Å². The van der Waals surface area contributed by atoms with Crippen LogP contribution in [0.3, 0.4) is 0 Å². The van der Waals surface area contributed by atoms with E-state index < -0.39 is 15.4 Å². The zero-order valence-corrected chi connectivity index (χ0v) is 14.6. The number of carbonyl (C=O) groups excluding carboxylic acids is 1. The highest BCUT2D eigenvalue weighted by atomic mass is 32.2. The van der Waals surface area contributed by atoms with Gasteiger partial charge in [-0.25, -0.2) is 13.4 Å². The average Bonchev–Trinajstić information content (AvgIpc) is 2.45. The van der Waals surface area contributed by atoms with Gasteiger partial charge in [0.25, 0.3) is 10.0 Å². The zero-order chi connectivity index (χ0) is 17.5. The first-order chi connectivity index (χ1) is 11.2. The van der Waals surface area contributed by atoms with Crippen molar-refractivity contribution in [1.82, 2.24) is 4.98 Å². The second-order valence-corrected chi connectivity index (χ2v) is 8.32. The van der Waals surface area contributed by atoms with Gasteiger partial charge in [0.1, 0.15) is 5.82 Å². The average molecular weight is 345 g/mol. The molecule has 2 heterocycles. The molecule has 3 rings (SSSR count). The molecular formula is C17H19N3O3S. The minimum Gasteiger partial charge on any atom is -0.326 e. The third-order valence-corrected chi connectivity index (χ3v) is 5.41. The van der Waals surface area contributed by atoms with Crippen LogP contribution in [0.5, 0.6) is 0 Å². The Morgan fingerprint density at radius 1 is 1.21 bits per heavy atom. The lowest BCUT2D eigenvalue weighted by molar-refractivity contribution is -0.117. The van der Waals surface area contributed by atoms with Gasteiger partial charge in [0.2, 0.25) is 5.91 Å². The van der Waals surface area contributed by atoms with Crippen molar-refractivity contribution in [2.75, 3.05) is 10.0 Å². The van der Waals surface area contributed by atoms with E-state index in [1.165, 1.54) is 6.07 Å². The number of nitrogens with one attached hydrogen (secondary N) is 2. The Bertz CT molecular complexity index is 920. The molecule has 1 aliphatic heterocycles. The molecule has 0 fully saturated rings. The molecule has 0 bridgehead atoms. The Hall–Kier alpha value is -2.41. The SMILES string of the molecule is Cc1ccnc(NS(=O)(=O)c2ccc3c(c2)C(C)(C)CC(=O)N3)c1. The van der Waals surface area contributed by atoms with Gasteiger partial charge < -0.3 is 5.32 Å². The lowest BCUT2D eigenvalue weighted by Gasteiger charge is -2.32. The van der Waals surface area contributed by atoms with E-state index in [0.717, 1.165) is 11.1 Å². The Kier molecular flexibility index (Phi) is 3.83. The van der Waals surface area contributed by atoms with Crippen molar-refractivity contribution < 1.29 is 13.2 Å². The first-order valence-corrected chi connectivity index (χ1v) is 9.06. The van der Waals surface area contributed by atoms with E-state index in [-0.39, 0.29) is 16.6 Å². The van der Waals surface area contributed by atoms with Gasteiger partial charge >= 0.3 is 0 Å². The van der Waals surface area contributed by atoms with Gasteiger partial charge in [0.05, 0.1) is 4.90 Å². The van der Waals surface area contributed by atoms with Gasteiger partial charge in [-0.15, -0.1) is 0 Å². The molecule has 7 heteroatoms. The highest BCUT2D eigenvalue weighted by Crippen LogP contribution is 2.38. The van der Waals surface area contributed by atoms with Crippen LogP contribution in [0.1, 0.15) is 31.4 Å². The molecular weight excluding hydrogens is 326 g/mol. The van der Waals surface area contributed by atoms with Crippen molar-refractivity contribution in [2.45, 2.75) is 37.5 Å². The van der Waals surface area contributed by atoms with Crippen LogP contribution in [0.4, 0.5) is 11.5 Å². The van der Waals surface area contributed by atoms with Crippen molar-refractivity contribution in [3.05, 3.63) is 47.7 Å². The summed E-state index contributed by atoms with van der Waals surface area (Å²) in [5, 5.41) is 2.78. The smallest absolute Gasteiger partial charge is 0.263 e. The Balaban J connectivity index is 1.99. The second kappa shape index (κ2) is 5.59. The first kappa shape index (κ1) is 16.4. The number of rotatable bonds is 3. The molecule has 1 aromatic heterocycles. The molecule has 6 nitrogen and oxygen atoms in total. The van der Waals surface area contributed by atoms with E-state index in [4.69, 9.17) is 0 Å². The Morgan fingerprint density at radius 2 is 1.96 bits per heavy atom. The normalized spacial score (nSPS) is 16.2. The predicted octanol–water partition coefficient (Wildman–Crippen LogP) is 2.81. The molecule has 0 radical (unpaired) electrons. The number of sulfonamides is 1. The summed E-state index contributed by atoms with van der Waals surface area (Å²) in [5.41, 5.74) is 1.95. The number of hydrogen-bond acceptors (Lipinski definition) is 4. The molecule has 2 aromatic rings. The van der Waals surface area contributed by atoms with E-state index in [2.05, 4.69) is 15.0 Å². The van der Waals surface area contributed by atoms with Gasteiger partial charge in [-0.2, -0.15) is 0 Å². The molecule has 24 heavy (non-hydrogen) atoms. The predicted molar refractivity (Wildman–Crippen MR) is 92.5 cm³/mol. The van der Waals surface area contributed by atoms with Crippen molar-refractivity contribution >= 4 is 27.4 Å². The number of pyridine rings is 1. The van der Waals surface area contributed by atoms with Crippen LogP contribution < -0.4 is 10.0 Å². The molecule has 0 unspecified atom stereocenters. The Labute approximate surface area is 141 Å². The van der Waals surface area contributed by atoms with Crippen LogP contribution >= 0.6 is 0 Å². The van der Waals surface area contributed by atoms with E-state index >= 15 is 0 Å². The minimum atomic E-state index is -3.75. The number of carbonyl (C=O) groups is 1. The number of nitrogens with zero attached hydrogens (tertiary/aromatic N) is 1. The number of aryl methyl sites for hydroxylation is 1. The van der Waals surface area contributed by atoms with Crippen molar-refractivity contribution in [3.8, 4) is 0 Å². The molecule has 0 saturated heterocycles. The number of aromatic nitrogens is 1. The highest BCUT2D eigenvalue weighted by molar-refractivity contribution is 7.92. The van der Waals surface area contributed by atoms with Crippen molar-refractivity contribution in [1.29, 1.82) is 0 Å². The van der Waals surface area contributed by atoms with E-state index in [0.29, 0.717) is 12.1 Å². The molecule has 0 saturated carbocycles. The molecule has 1 amide bonds. The summed E-state index contributed by atoms with van der Waals surface area (Å²) in [7, 11) is -3.75. The maximum atomic E-state index is 12.6. The van der Waals surface area contributed by atoms with E-state index in [1.807, 2.05) is 20.8 Å². The quantitative estimate of drug-likeness (QED) is 0.895. The second-order valence-electron chi connectivity index (χ2n) is 6.64. The van der Waals surface area contributed by atoms with Crippen LogP contribution in [-0.2, 0) is 20.2 Å². The number of amides is 1. The van der Waals surface area contributed by atoms with Gasteiger partial charge in [0.15, 0.2) is 0 Å². The minimum absolute atomic E-state index is 0.0646. The molecule has 0 atom stereocenters. The monoisotopic (exact) mass is 345 g/mol. The molecule has 1 aliphatic rings. The lowest BCUT2D eigenvalue weighted by Crippen LogP contribution is -2.32. The van der Waals surface area contributed by atoms with Gasteiger partial charge in [-0.1, -0.05) is 13.8 Å². The summed E-state index contributed by atoms with van der Waals surface area (Å²) < 4.78 is 27.8. The van der Waals surface area contributed by atoms with E-state index in [9.17, 15) is 13.2 Å². The topological polar surface area (TPSA) is 88.2 Å². The lowest BCUT2D eigenvalue weighted by atomic mass is 9.78. The number of fused-ring (bicyclic) bond motifs is 1. The molecule has 0 aliphatic carbocycles. The van der Waals surface area contributed by atoms with Crippen LogP contribution in [0.15, 0.2) is 41.4 Å². The number of benzene rings is 1. The third-order valence-electron chi connectivity index (χ3n) is 4.06. The molecule has 1 aromatic carbocycles. The molecule has 2 N–H and O–H groups in total. The van der Waals surface area contributed by atoms with Crippen molar-refractivity contribution in [3.63, 3.8) is 0 Å². The summed E-state index contributed by atoms with van der Waals surface area (Å²) >= 11 is 0. The van der Waals surface area contributed by atoms with Crippen LogP contribution in [-0.4, -0.2) is 19.3 Å². The maximum absolute atomic E-state index is 12.6. The van der Waals surface area contributed by atoms with E-state index in [1.54, 1.807) is 30.5 Å². The summed E-state index contributed by atoms with van der Waals surface area (Å²) in [6.07, 6.45) is 1.87. The summed E-state index contributed by atoms with van der Waals surface area (Å²) in [6.45, 7) is 5.72. The largest absolute Gasteiger partial charge is 0.326 e. The summed E-state index contributed by atoms with van der Waals surface area (Å²) in [5.74, 6) is 0.213. The van der Waals surface area contributed by atoms with Gasteiger partial charge in [-0.3, -0.25) is 9.52 Å². The van der Waals surface area contributed by atoms with Gasteiger partial charge in [0, 0.05) is 23.7 Å². The number of anilines is 2. The standard InChI is InChI=1S/C17H19N3O3S/c1-11-6-7-18-15(8-11)20-24(22,23)12-4-5-14-13(9-12)17(2,3)10-16(21)19-14/h4-9H,10H2,1-3H3,(H,18,20)(H,19,21). The fourth-order valence-corrected chi connectivity index (χ4v) is 3.86. The first-order valence-electron chi connectivity index (χ1n) is 7.57. The highest BCUT2D eigenvalue weighted by Gasteiger charge is 2.33. The van der Waals surface area contributed by atoms with Crippen molar-refractivity contribution in [2.24, 2.45) is 0 Å². The Morgan fingerprint density at radius 3 is 2.67 bits per heavy atom.